The van der Waals surface area contributed by atoms with Crippen LogP contribution in [-0.4, -0.2) is 24.6 Å². The standard InChI is InChI=1S/C4H11N2S2/c5-1-3-7-8-4-2-6/h5H,1-4,6H2/q-1/p+1. The van der Waals surface area contributed by atoms with Gasteiger partial charge in [-0.2, -0.15) is 0 Å². The van der Waals surface area contributed by atoms with Crippen LogP contribution < -0.4 is 5.73 Å². The number of hydrogen-bond donors (Lipinski definition) is 1. The second-order valence-corrected chi connectivity index (χ2v) is 3.95. The van der Waals surface area contributed by atoms with E-state index in [4.69, 9.17) is 5.73 Å². The Bertz CT molecular complexity index is 37.0. The molecule has 4 N–H and O–H groups in total. The van der Waals surface area contributed by atoms with Gasteiger partial charge in [0.15, 0.2) is 0 Å². The van der Waals surface area contributed by atoms with Crippen LogP contribution >= 0.6 is 21.6 Å². The average Bonchev–Trinajstić information content (AvgIpc) is 1.81. The van der Waals surface area contributed by atoms with E-state index in [0.29, 0.717) is 6.54 Å². The second kappa shape index (κ2) is 7.62. The van der Waals surface area contributed by atoms with Gasteiger partial charge in [0, 0.05) is 0 Å². The van der Waals surface area contributed by atoms with E-state index in [2.05, 4.69) is 5.73 Å². The van der Waals surface area contributed by atoms with Crippen molar-refractivity contribution < 1.29 is 5.73 Å². The van der Waals surface area contributed by atoms with Gasteiger partial charge in [0.05, 0.1) is 12.3 Å². The highest BCUT2D eigenvalue weighted by molar-refractivity contribution is 8.76. The highest BCUT2D eigenvalue weighted by Gasteiger charge is 1.83. The fraction of sp³-hybridized carbons (Fsp3) is 1.00. The fourth-order valence-corrected chi connectivity index (χ4v) is 1.97. The van der Waals surface area contributed by atoms with Crippen LogP contribution in [0.2, 0.25) is 0 Å². The fourth-order valence-electron chi connectivity index (χ4n) is 0.218. The lowest BCUT2D eigenvalue weighted by Crippen LogP contribution is -2.51. The summed E-state index contributed by atoms with van der Waals surface area (Å²) in [6, 6.07) is 0. The molecule has 0 amide bonds. The summed E-state index contributed by atoms with van der Waals surface area (Å²) < 4.78 is 0. The lowest BCUT2D eigenvalue weighted by Gasteiger charge is -1.97. The smallest absolute Gasteiger partial charge is 0.0840 e. The van der Waals surface area contributed by atoms with Gasteiger partial charge in [0.25, 0.3) is 0 Å². The molecule has 0 heterocycles. The van der Waals surface area contributed by atoms with E-state index in [-0.39, 0.29) is 0 Å². The third kappa shape index (κ3) is 6.62. The van der Waals surface area contributed by atoms with Crippen molar-refractivity contribution in [2.24, 2.45) is 0 Å². The summed E-state index contributed by atoms with van der Waals surface area (Å²) in [4.78, 5) is 0. The number of hydrogen-bond acceptors (Lipinski definition) is 2. The van der Waals surface area contributed by atoms with Crippen LogP contribution in [0.3, 0.4) is 0 Å². The van der Waals surface area contributed by atoms with Crippen molar-refractivity contribution in [2.75, 3.05) is 24.6 Å². The molecule has 0 aromatic carbocycles. The summed E-state index contributed by atoms with van der Waals surface area (Å²) in [5.74, 6) is 2.06. The molecule has 0 aliphatic rings. The molecule has 0 atom stereocenters. The molecule has 0 spiro atoms. The van der Waals surface area contributed by atoms with E-state index in [1.807, 2.05) is 10.8 Å². The Labute approximate surface area is 58.2 Å². The molecule has 0 fully saturated rings. The van der Waals surface area contributed by atoms with Gasteiger partial charge in [-0.05, 0) is 5.75 Å². The number of nitrogens with one attached hydrogen (secondary N) is 1. The van der Waals surface area contributed by atoms with Crippen molar-refractivity contribution >= 4 is 21.6 Å². The van der Waals surface area contributed by atoms with Gasteiger partial charge in [0.2, 0.25) is 0 Å². The van der Waals surface area contributed by atoms with Crippen LogP contribution in [0.1, 0.15) is 0 Å². The molecule has 2 nitrogen and oxygen atoms in total. The Balaban J connectivity index is 2.53. The Hall–Kier alpha value is 0.620. The maximum atomic E-state index is 6.79. The summed E-state index contributed by atoms with van der Waals surface area (Å²) in [6.07, 6.45) is 0. The Morgan fingerprint density at radius 1 is 1.25 bits per heavy atom. The molecule has 0 rings (SSSR count). The lowest BCUT2D eigenvalue weighted by molar-refractivity contribution is -0.360. The maximum Gasteiger partial charge on any atom is 0.0840 e. The molecule has 0 radical (unpaired) electrons. The van der Waals surface area contributed by atoms with Crippen LogP contribution in [0.4, 0.5) is 0 Å². The maximum absolute atomic E-state index is 6.79. The summed E-state index contributed by atoms with van der Waals surface area (Å²) in [5, 5.41) is 0. The van der Waals surface area contributed by atoms with E-state index in [1.54, 1.807) is 10.8 Å². The predicted molar refractivity (Wildman–Crippen MR) is 41.9 cm³/mol. The van der Waals surface area contributed by atoms with Gasteiger partial charge >= 0.3 is 0 Å². The molecular weight excluding hydrogens is 140 g/mol. The topological polar surface area (TPSA) is 51.4 Å². The van der Waals surface area contributed by atoms with Gasteiger partial charge in [-0.3, -0.25) is 0 Å². The van der Waals surface area contributed by atoms with Gasteiger partial charge in [-0.25, -0.2) is 0 Å². The SMILES string of the molecule is [NH-]CCSSCC[NH3+]. The third-order valence-corrected chi connectivity index (χ3v) is 2.99. The molecular formula is C4H12N2S2. The molecule has 0 aliphatic carbocycles. The molecule has 50 valence electrons. The van der Waals surface area contributed by atoms with Crippen molar-refractivity contribution in [1.29, 1.82) is 0 Å². The van der Waals surface area contributed by atoms with Crippen LogP contribution in [0.25, 0.3) is 5.73 Å². The highest BCUT2D eigenvalue weighted by atomic mass is 33.1. The Morgan fingerprint density at radius 2 is 1.88 bits per heavy atom. The van der Waals surface area contributed by atoms with Gasteiger partial charge < -0.3 is 11.5 Å². The molecule has 0 aliphatic heterocycles. The quantitative estimate of drug-likeness (QED) is 0.465. The Kier molecular flexibility index (Phi) is 8.21. The van der Waals surface area contributed by atoms with Crippen molar-refractivity contribution in [3.63, 3.8) is 0 Å². The van der Waals surface area contributed by atoms with Gasteiger partial charge in [-0.15, -0.1) is 6.54 Å². The van der Waals surface area contributed by atoms with Crippen LogP contribution in [0, 0.1) is 0 Å². The molecule has 0 saturated carbocycles. The first-order chi connectivity index (χ1) is 3.91. The monoisotopic (exact) mass is 152 g/mol. The summed E-state index contributed by atoms with van der Waals surface area (Å²) in [6.45, 7) is 1.53. The van der Waals surface area contributed by atoms with E-state index < -0.39 is 0 Å². The van der Waals surface area contributed by atoms with E-state index in [0.717, 1.165) is 18.1 Å². The molecule has 8 heavy (non-hydrogen) atoms. The van der Waals surface area contributed by atoms with Crippen molar-refractivity contribution in [1.82, 2.24) is 0 Å². The zero-order valence-electron chi connectivity index (χ0n) is 4.85. The van der Waals surface area contributed by atoms with Gasteiger partial charge in [0.1, 0.15) is 0 Å². The number of rotatable bonds is 5. The largest absolute Gasteiger partial charge is 0.677 e. The van der Waals surface area contributed by atoms with Crippen molar-refractivity contribution in [2.45, 2.75) is 0 Å². The molecule has 0 aromatic heterocycles. The third-order valence-electron chi connectivity index (χ3n) is 0.496. The van der Waals surface area contributed by atoms with E-state index >= 15 is 0 Å². The first-order valence-corrected chi connectivity index (χ1v) is 5.09. The molecule has 0 unspecified atom stereocenters. The first-order valence-electron chi connectivity index (χ1n) is 2.60. The van der Waals surface area contributed by atoms with Crippen LogP contribution in [0.5, 0.6) is 0 Å². The van der Waals surface area contributed by atoms with E-state index in [9.17, 15) is 0 Å². The summed E-state index contributed by atoms with van der Waals surface area (Å²) >= 11 is 0. The predicted octanol–water partition coefficient (Wildman–Crippen LogP) is 0.662. The van der Waals surface area contributed by atoms with Crippen LogP contribution in [0.15, 0.2) is 0 Å². The minimum atomic E-state index is 0.537. The normalized spacial score (nSPS) is 9.75. The molecule has 4 heteroatoms. The van der Waals surface area contributed by atoms with Gasteiger partial charge in [-0.1, -0.05) is 21.6 Å². The molecule has 0 aromatic rings. The summed E-state index contributed by atoms with van der Waals surface area (Å²) in [5.41, 5.74) is 10.5. The molecule has 0 bridgehead atoms. The zero-order valence-corrected chi connectivity index (χ0v) is 6.49. The molecule has 0 saturated heterocycles. The second-order valence-electron chi connectivity index (χ2n) is 1.25. The minimum absolute atomic E-state index is 0.537. The van der Waals surface area contributed by atoms with E-state index in [1.165, 1.54) is 0 Å². The van der Waals surface area contributed by atoms with Crippen LogP contribution in [-0.2, 0) is 0 Å². The Morgan fingerprint density at radius 3 is 2.38 bits per heavy atom. The average molecular weight is 152 g/mol. The highest BCUT2D eigenvalue weighted by Crippen LogP contribution is 2.18. The number of quaternary nitrogens is 1. The lowest BCUT2D eigenvalue weighted by atomic mass is 10.8. The first kappa shape index (κ1) is 8.62. The minimum Gasteiger partial charge on any atom is -0.677 e. The summed E-state index contributed by atoms with van der Waals surface area (Å²) in [7, 11) is 3.58. The van der Waals surface area contributed by atoms with Crippen molar-refractivity contribution in [3.8, 4) is 0 Å². The zero-order chi connectivity index (χ0) is 6.24. The van der Waals surface area contributed by atoms with Crippen molar-refractivity contribution in [3.05, 3.63) is 5.73 Å².